The van der Waals surface area contributed by atoms with Crippen LogP contribution in [0, 0.1) is 0 Å². The van der Waals surface area contributed by atoms with Gasteiger partial charge in [-0.25, -0.2) is 4.79 Å². The first kappa shape index (κ1) is 10.3. The van der Waals surface area contributed by atoms with Crippen LogP contribution in [0.3, 0.4) is 0 Å². The summed E-state index contributed by atoms with van der Waals surface area (Å²) in [7, 11) is 2.43. The molecule has 1 heterocycles. The fourth-order valence-corrected chi connectivity index (χ4v) is 1.21. The van der Waals surface area contributed by atoms with Crippen LogP contribution in [-0.4, -0.2) is 44.9 Å². The molecule has 0 N–H and O–H groups in total. The van der Waals surface area contributed by atoms with Crippen molar-refractivity contribution < 1.29 is 27.8 Å². The maximum absolute atomic E-state index is 12.9. The van der Waals surface area contributed by atoms with Gasteiger partial charge in [-0.1, -0.05) is 0 Å². The molecule has 0 aromatic carbocycles. The van der Waals surface area contributed by atoms with Crippen LogP contribution in [0.25, 0.3) is 0 Å². The van der Waals surface area contributed by atoms with Crippen LogP contribution in [-0.2, 0) is 19.0 Å². The average Bonchev–Trinajstić information content (AvgIpc) is 2.24. The molecule has 0 radical (unpaired) electrons. The molecule has 76 valence electrons. The van der Waals surface area contributed by atoms with Crippen molar-refractivity contribution in [3.05, 3.63) is 0 Å². The lowest BCUT2D eigenvalue weighted by Gasteiger charge is -2.17. The Labute approximate surface area is 73.8 Å². The van der Waals surface area contributed by atoms with Gasteiger partial charge in [0.25, 0.3) is 0 Å². The topological polar surface area (TPSA) is 44.8 Å². The normalized spacial score (nSPS) is 31.8. The van der Waals surface area contributed by atoms with E-state index >= 15 is 0 Å². The van der Waals surface area contributed by atoms with Gasteiger partial charge in [0.1, 0.15) is 0 Å². The molecule has 13 heavy (non-hydrogen) atoms. The molecule has 1 aliphatic rings. The number of hydrogen-bond acceptors (Lipinski definition) is 4. The highest BCUT2D eigenvalue weighted by Gasteiger charge is 2.60. The number of cyclic esters (lactones) is 1. The minimum absolute atomic E-state index is 0.0974. The van der Waals surface area contributed by atoms with Crippen molar-refractivity contribution in [3.8, 4) is 0 Å². The first-order valence-corrected chi connectivity index (χ1v) is 3.64. The number of alkyl halides is 2. The Balaban J connectivity index is 2.76. The molecule has 1 rings (SSSR count). The fourth-order valence-electron chi connectivity index (χ4n) is 1.21. The van der Waals surface area contributed by atoms with E-state index in [0.717, 1.165) is 7.11 Å². The highest BCUT2D eigenvalue weighted by molar-refractivity contribution is 5.81. The van der Waals surface area contributed by atoms with E-state index in [1.165, 1.54) is 7.11 Å². The third kappa shape index (κ3) is 1.64. The van der Waals surface area contributed by atoms with Crippen molar-refractivity contribution in [2.45, 2.75) is 18.1 Å². The number of rotatable bonds is 3. The number of halogens is 2. The van der Waals surface area contributed by atoms with E-state index in [-0.39, 0.29) is 6.61 Å². The molecule has 0 bridgehead atoms. The zero-order chi connectivity index (χ0) is 10.1. The summed E-state index contributed by atoms with van der Waals surface area (Å²) < 4.78 is 39.3. The van der Waals surface area contributed by atoms with Gasteiger partial charge in [-0.15, -0.1) is 0 Å². The van der Waals surface area contributed by atoms with Crippen molar-refractivity contribution in [1.82, 2.24) is 0 Å². The molecule has 0 amide bonds. The van der Waals surface area contributed by atoms with Crippen molar-refractivity contribution >= 4 is 5.97 Å². The Morgan fingerprint density at radius 2 is 2.15 bits per heavy atom. The molecular weight excluding hydrogens is 186 g/mol. The van der Waals surface area contributed by atoms with Crippen LogP contribution in [0.4, 0.5) is 8.78 Å². The minimum Gasteiger partial charge on any atom is -0.452 e. The number of carbonyl (C=O) groups is 1. The lowest BCUT2D eigenvalue weighted by molar-refractivity contribution is -0.164. The zero-order valence-electron chi connectivity index (χ0n) is 7.25. The summed E-state index contributed by atoms with van der Waals surface area (Å²) in [5.41, 5.74) is 0. The van der Waals surface area contributed by atoms with E-state index in [1.807, 2.05) is 0 Å². The van der Waals surface area contributed by atoms with E-state index in [4.69, 9.17) is 0 Å². The second-order valence-corrected chi connectivity index (χ2v) is 2.68. The molecule has 6 heteroatoms. The molecule has 0 saturated carbocycles. The summed E-state index contributed by atoms with van der Waals surface area (Å²) in [6.07, 6.45) is -2.59. The van der Waals surface area contributed by atoms with Gasteiger partial charge in [-0.05, 0) is 0 Å². The summed E-state index contributed by atoms with van der Waals surface area (Å²) in [5.74, 6) is -5.13. The molecule has 0 aromatic heterocycles. The zero-order valence-corrected chi connectivity index (χ0v) is 7.25. The first-order valence-electron chi connectivity index (χ1n) is 3.64. The molecule has 1 unspecified atom stereocenters. The highest BCUT2D eigenvalue weighted by atomic mass is 19.3. The van der Waals surface area contributed by atoms with E-state index in [2.05, 4.69) is 14.2 Å². The number of ether oxygens (including phenoxy) is 3. The monoisotopic (exact) mass is 196 g/mol. The fraction of sp³-hybridized carbons (Fsp3) is 0.857. The highest BCUT2D eigenvalue weighted by Crippen LogP contribution is 2.33. The van der Waals surface area contributed by atoms with Gasteiger partial charge >= 0.3 is 11.9 Å². The van der Waals surface area contributed by atoms with E-state index in [0.29, 0.717) is 0 Å². The molecule has 4 nitrogen and oxygen atoms in total. The van der Waals surface area contributed by atoms with Crippen LogP contribution in [0.5, 0.6) is 0 Å². The van der Waals surface area contributed by atoms with E-state index < -0.39 is 24.1 Å². The number of hydrogen-bond donors (Lipinski definition) is 0. The predicted octanol–water partition coefficient (Wildman–Crippen LogP) is 0.208. The Morgan fingerprint density at radius 1 is 1.54 bits per heavy atom. The van der Waals surface area contributed by atoms with Crippen molar-refractivity contribution in [2.75, 3.05) is 20.8 Å². The van der Waals surface area contributed by atoms with Gasteiger partial charge in [0.2, 0.25) is 0 Å². The Bertz CT molecular complexity index is 207. The van der Waals surface area contributed by atoms with Crippen molar-refractivity contribution in [1.29, 1.82) is 0 Å². The molecule has 0 aromatic rings. The van der Waals surface area contributed by atoms with Crippen LogP contribution < -0.4 is 0 Å². The van der Waals surface area contributed by atoms with Gasteiger partial charge in [0.05, 0.1) is 6.61 Å². The van der Waals surface area contributed by atoms with Gasteiger partial charge in [-0.3, -0.25) is 0 Å². The average molecular weight is 196 g/mol. The molecule has 1 saturated heterocycles. The molecule has 0 spiro atoms. The van der Waals surface area contributed by atoms with Gasteiger partial charge in [-0.2, -0.15) is 8.78 Å². The summed E-state index contributed by atoms with van der Waals surface area (Å²) in [6, 6.07) is 0. The van der Waals surface area contributed by atoms with Crippen LogP contribution >= 0.6 is 0 Å². The van der Waals surface area contributed by atoms with Gasteiger partial charge in [0, 0.05) is 14.2 Å². The lowest BCUT2D eigenvalue weighted by Crippen LogP contribution is -2.40. The molecule has 2 atom stereocenters. The van der Waals surface area contributed by atoms with E-state index in [9.17, 15) is 13.6 Å². The number of esters is 1. The van der Waals surface area contributed by atoms with E-state index in [1.54, 1.807) is 0 Å². The molecule has 1 aliphatic heterocycles. The predicted molar refractivity (Wildman–Crippen MR) is 37.5 cm³/mol. The third-order valence-electron chi connectivity index (χ3n) is 1.81. The number of methoxy groups -OCH3 is 2. The maximum atomic E-state index is 12.9. The summed E-state index contributed by atoms with van der Waals surface area (Å²) in [5, 5.41) is 0. The van der Waals surface area contributed by atoms with Gasteiger partial charge < -0.3 is 14.2 Å². The van der Waals surface area contributed by atoms with Crippen molar-refractivity contribution in [2.24, 2.45) is 0 Å². The molecule has 1 fully saturated rings. The quantitative estimate of drug-likeness (QED) is 0.605. The summed E-state index contributed by atoms with van der Waals surface area (Å²) in [4.78, 5) is 10.6. The Kier molecular flexibility index (Phi) is 2.82. The largest absolute Gasteiger partial charge is 0.452 e. The summed E-state index contributed by atoms with van der Waals surface area (Å²) >= 11 is 0. The third-order valence-corrected chi connectivity index (χ3v) is 1.81. The number of carbonyl (C=O) groups excluding carboxylic acids is 1. The van der Waals surface area contributed by atoms with Gasteiger partial charge in [0.15, 0.2) is 12.2 Å². The Hall–Kier alpha value is -0.750. The lowest BCUT2D eigenvalue weighted by atomic mass is 10.1. The standard InChI is InChI=1S/C7H10F2O4/c1-11-3-4-5(12-2)7(8,9)6(10)13-4/h4-5H,3H2,1-2H3/t4-,5?/m1/s1. The van der Waals surface area contributed by atoms with Crippen molar-refractivity contribution in [3.63, 3.8) is 0 Å². The summed E-state index contributed by atoms with van der Waals surface area (Å²) in [6.45, 7) is -0.0974. The molecular formula is C7H10F2O4. The maximum Gasteiger partial charge on any atom is 0.380 e. The minimum atomic E-state index is -3.57. The smallest absolute Gasteiger partial charge is 0.380 e. The van der Waals surface area contributed by atoms with Crippen LogP contribution in [0.2, 0.25) is 0 Å². The second kappa shape index (κ2) is 3.55. The van der Waals surface area contributed by atoms with Crippen LogP contribution in [0.15, 0.2) is 0 Å². The Morgan fingerprint density at radius 3 is 2.62 bits per heavy atom. The SMILES string of the molecule is COC[C@H]1OC(=O)C(F)(F)C1OC. The van der Waals surface area contributed by atoms with Crippen LogP contribution in [0.1, 0.15) is 0 Å². The second-order valence-electron chi connectivity index (χ2n) is 2.68. The molecule has 0 aliphatic carbocycles. The first-order chi connectivity index (χ1) is 6.04.